The van der Waals surface area contributed by atoms with Crippen LogP contribution in [-0.2, 0) is 19.6 Å². The van der Waals surface area contributed by atoms with Crippen LogP contribution in [0.2, 0.25) is 0 Å². The Morgan fingerprint density at radius 2 is 1.76 bits per heavy atom. The average molecular weight is 483 g/mol. The van der Waals surface area contributed by atoms with Crippen molar-refractivity contribution in [3.8, 4) is 11.5 Å². The van der Waals surface area contributed by atoms with E-state index in [4.69, 9.17) is 9.47 Å². The maximum atomic E-state index is 13.2. The van der Waals surface area contributed by atoms with Crippen molar-refractivity contribution in [2.75, 3.05) is 74.1 Å². The largest absolute Gasteiger partial charge is 0.497 e. The van der Waals surface area contributed by atoms with Crippen LogP contribution in [0.5, 0.6) is 11.5 Å². The zero-order valence-corrected chi connectivity index (χ0v) is 20.6. The molecule has 2 amide bonds. The fourth-order valence-electron chi connectivity index (χ4n) is 4.36. The van der Waals surface area contributed by atoms with E-state index in [-0.39, 0.29) is 48.0 Å². The first-order chi connectivity index (χ1) is 15.7. The molecule has 2 aliphatic rings. The van der Waals surface area contributed by atoms with E-state index in [1.807, 2.05) is 4.90 Å². The van der Waals surface area contributed by atoms with E-state index >= 15 is 0 Å². The van der Waals surface area contributed by atoms with Gasteiger partial charge in [0.05, 0.1) is 26.7 Å². The summed E-state index contributed by atoms with van der Waals surface area (Å²) in [4.78, 5) is 30.5. The first-order valence-electron chi connectivity index (χ1n) is 11.1. The summed E-state index contributed by atoms with van der Waals surface area (Å²) in [5.41, 5.74) is 0. The lowest BCUT2D eigenvalue weighted by atomic mass is 9.97. The minimum Gasteiger partial charge on any atom is -0.497 e. The number of nitrogens with zero attached hydrogens (tertiary/aromatic N) is 4. The minimum absolute atomic E-state index is 0.0380. The maximum Gasteiger partial charge on any atom is 0.247 e. The number of hydrogen-bond acceptors (Lipinski definition) is 7. The normalized spacial score (nSPS) is 20.4. The molecule has 3 rings (SSSR count). The Bertz CT molecular complexity index is 960. The molecule has 1 aromatic carbocycles. The number of piperidine rings is 1. The molecule has 0 aromatic heterocycles. The lowest BCUT2D eigenvalue weighted by Gasteiger charge is -2.37. The summed E-state index contributed by atoms with van der Waals surface area (Å²) in [5, 5.41) is 0. The zero-order valence-electron chi connectivity index (χ0n) is 19.8. The first-order valence-corrected chi connectivity index (χ1v) is 12.5. The highest BCUT2D eigenvalue weighted by Gasteiger charge is 2.34. The number of carbonyl (C=O) groups excluding carboxylic acids is 2. The van der Waals surface area contributed by atoms with Crippen molar-refractivity contribution in [1.29, 1.82) is 0 Å². The Kier molecular flexibility index (Phi) is 8.19. The Balaban J connectivity index is 1.59. The third-order valence-corrected chi connectivity index (χ3v) is 8.15. The molecular formula is C22H34N4O6S. The monoisotopic (exact) mass is 482 g/mol. The lowest BCUT2D eigenvalue weighted by Crippen LogP contribution is -2.53. The summed E-state index contributed by atoms with van der Waals surface area (Å²) in [6.45, 7) is 2.65. The quantitative estimate of drug-likeness (QED) is 0.552. The predicted octanol–water partition coefficient (Wildman–Crippen LogP) is 0.337. The van der Waals surface area contributed by atoms with Crippen LogP contribution in [0.3, 0.4) is 0 Å². The van der Waals surface area contributed by atoms with Crippen LogP contribution in [0, 0.1) is 5.92 Å². The number of sulfonamides is 1. The summed E-state index contributed by atoms with van der Waals surface area (Å²) < 4.78 is 38.2. The molecule has 0 radical (unpaired) electrons. The second-order valence-corrected chi connectivity index (χ2v) is 10.5. The van der Waals surface area contributed by atoms with Gasteiger partial charge in [0.1, 0.15) is 16.4 Å². The summed E-state index contributed by atoms with van der Waals surface area (Å²) in [5.74, 6) is 0.654. The van der Waals surface area contributed by atoms with Crippen molar-refractivity contribution >= 4 is 21.8 Å². The highest BCUT2D eigenvalue weighted by molar-refractivity contribution is 7.89. The third kappa shape index (κ3) is 5.77. The SMILES string of the molecule is COc1ccc(OC)c(S(=O)(=O)N2CCN(C(=O)CN3CCCC(C(=O)N(C)C)C3)CC2)c1. The average Bonchev–Trinajstić information content (AvgIpc) is 2.83. The molecule has 0 N–H and O–H groups in total. The number of benzene rings is 1. The number of amides is 2. The maximum absolute atomic E-state index is 13.2. The Hall–Kier alpha value is -2.37. The van der Waals surface area contributed by atoms with Crippen molar-refractivity contribution in [3.05, 3.63) is 18.2 Å². The standard InChI is InChI=1S/C22H34N4O6S/c1-23(2)22(28)17-6-5-9-24(15-17)16-21(27)25-10-12-26(13-11-25)33(29,30)20-14-18(31-3)7-8-19(20)32-4/h7-8,14,17H,5-6,9-13,15-16H2,1-4H3. The van der Waals surface area contributed by atoms with Crippen LogP contribution in [0.4, 0.5) is 0 Å². The van der Waals surface area contributed by atoms with Crippen LogP contribution >= 0.6 is 0 Å². The van der Waals surface area contributed by atoms with E-state index in [1.54, 1.807) is 36.0 Å². The molecule has 2 aliphatic heterocycles. The van der Waals surface area contributed by atoms with E-state index in [0.717, 1.165) is 19.4 Å². The molecule has 1 atom stereocenters. The second kappa shape index (κ2) is 10.7. The fraction of sp³-hybridized carbons (Fsp3) is 0.636. The van der Waals surface area contributed by atoms with E-state index in [0.29, 0.717) is 25.4 Å². The molecule has 33 heavy (non-hydrogen) atoms. The lowest BCUT2D eigenvalue weighted by molar-refractivity contribution is -0.138. The van der Waals surface area contributed by atoms with Crippen LogP contribution in [-0.4, -0.2) is 113 Å². The van der Waals surface area contributed by atoms with Gasteiger partial charge in [0, 0.05) is 52.9 Å². The molecular weight excluding hydrogens is 448 g/mol. The highest BCUT2D eigenvalue weighted by Crippen LogP contribution is 2.31. The van der Waals surface area contributed by atoms with Gasteiger partial charge >= 0.3 is 0 Å². The van der Waals surface area contributed by atoms with Gasteiger partial charge in [-0.3, -0.25) is 14.5 Å². The van der Waals surface area contributed by atoms with Crippen molar-refractivity contribution in [1.82, 2.24) is 19.0 Å². The number of piperazine rings is 1. The molecule has 2 saturated heterocycles. The van der Waals surface area contributed by atoms with Gasteiger partial charge in [-0.25, -0.2) is 8.42 Å². The Labute approximate surface area is 196 Å². The molecule has 11 heteroatoms. The molecule has 1 aromatic rings. The topological polar surface area (TPSA) is 99.7 Å². The molecule has 0 saturated carbocycles. The van der Waals surface area contributed by atoms with Gasteiger partial charge in [0.25, 0.3) is 0 Å². The van der Waals surface area contributed by atoms with Gasteiger partial charge in [0.2, 0.25) is 21.8 Å². The summed E-state index contributed by atoms with van der Waals surface area (Å²) in [7, 11) is 2.60. The fourth-order valence-corrected chi connectivity index (χ4v) is 5.95. The molecule has 2 heterocycles. The van der Waals surface area contributed by atoms with Crippen molar-refractivity contribution in [2.45, 2.75) is 17.7 Å². The molecule has 2 fully saturated rings. The molecule has 184 valence electrons. The van der Waals surface area contributed by atoms with Crippen LogP contribution in [0.1, 0.15) is 12.8 Å². The zero-order chi connectivity index (χ0) is 24.2. The molecule has 10 nitrogen and oxygen atoms in total. The van der Waals surface area contributed by atoms with E-state index in [1.165, 1.54) is 24.6 Å². The predicted molar refractivity (Wildman–Crippen MR) is 123 cm³/mol. The molecule has 0 spiro atoms. The van der Waals surface area contributed by atoms with E-state index < -0.39 is 10.0 Å². The first kappa shape index (κ1) is 25.3. The van der Waals surface area contributed by atoms with Gasteiger partial charge in [-0.1, -0.05) is 0 Å². The Morgan fingerprint density at radius 3 is 2.36 bits per heavy atom. The van der Waals surface area contributed by atoms with Gasteiger partial charge in [-0.2, -0.15) is 4.31 Å². The van der Waals surface area contributed by atoms with E-state index in [2.05, 4.69) is 0 Å². The molecule has 0 bridgehead atoms. The summed E-state index contributed by atoms with van der Waals surface area (Å²) in [6.07, 6.45) is 1.72. The second-order valence-electron chi connectivity index (χ2n) is 8.61. The summed E-state index contributed by atoms with van der Waals surface area (Å²) >= 11 is 0. The van der Waals surface area contributed by atoms with Crippen molar-refractivity contribution in [3.63, 3.8) is 0 Å². The number of hydrogen-bond donors (Lipinski definition) is 0. The third-order valence-electron chi connectivity index (χ3n) is 6.23. The van der Waals surface area contributed by atoms with Gasteiger partial charge in [-0.05, 0) is 31.5 Å². The van der Waals surface area contributed by atoms with Crippen LogP contribution in [0.15, 0.2) is 23.1 Å². The molecule has 1 unspecified atom stereocenters. The van der Waals surface area contributed by atoms with Gasteiger partial charge in [-0.15, -0.1) is 0 Å². The van der Waals surface area contributed by atoms with Gasteiger partial charge < -0.3 is 19.3 Å². The van der Waals surface area contributed by atoms with E-state index in [9.17, 15) is 18.0 Å². The van der Waals surface area contributed by atoms with Crippen LogP contribution < -0.4 is 9.47 Å². The van der Waals surface area contributed by atoms with Gasteiger partial charge in [0.15, 0.2) is 0 Å². The van der Waals surface area contributed by atoms with Crippen molar-refractivity contribution < 1.29 is 27.5 Å². The number of likely N-dealkylation sites (tertiary alicyclic amines) is 1. The molecule has 0 aliphatic carbocycles. The minimum atomic E-state index is -3.80. The number of ether oxygens (including phenoxy) is 2. The number of rotatable bonds is 7. The smallest absolute Gasteiger partial charge is 0.247 e. The van der Waals surface area contributed by atoms with Crippen molar-refractivity contribution in [2.24, 2.45) is 5.92 Å². The highest BCUT2D eigenvalue weighted by atomic mass is 32.2. The summed E-state index contributed by atoms with van der Waals surface area (Å²) in [6, 6.07) is 4.66. The number of carbonyl (C=O) groups is 2. The van der Waals surface area contributed by atoms with Crippen LogP contribution in [0.25, 0.3) is 0 Å². The number of methoxy groups -OCH3 is 2. The Morgan fingerprint density at radius 1 is 1.06 bits per heavy atom.